The van der Waals surface area contributed by atoms with Gasteiger partial charge in [0.15, 0.2) is 0 Å². The molecular formula is C10H16N4. The van der Waals surface area contributed by atoms with Gasteiger partial charge in [-0.1, -0.05) is 6.92 Å². The first-order chi connectivity index (χ1) is 6.78. The molecule has 2 rings (SSSR count). The zero-order chi connectivity index (χ0) is 9.97. The Hall–Kier alpha value is -1.16. The van der Waals surface area contributed by atoms with Crippen molar-refractivity contribution < 1.29 is 0 Å². The lowest BCUT2D eigenvalue weighted by atomic mass is 9.88. The summed E-state index contributed by atoms with van der Waals surface area (Å²) in [6.45, 7) is 2.09. The van der Waals surface area contributed by atoms with Gasteiger partial charge in [-0.05, 0) is 19.3 Å². The van der Waals surface area contributed by atoms with Gasteiger partial charge in [-0.3, -0.25) is 0 Å². The van der Waals surface area contributed by atoms with E-state index in [0.29, 0.717) is 12.1 Å². The summed E-state index contributed by atoms with van der Waals surface area (Å²) >= 11 is 0. The summed E-state index contributed by atoms with van der Waals surface area (Å²) in [4.78, 5) is 8.32. The molecule has 1 aromatic heterocycles. The molecule has 1 aliphatic carbocycles. The molecule has 1 fully saturated rings. The number of nitrogens with two attached hydrogens (primary N) is 1. The van der Waals surface area contributed by atoms with Crippen LogP contribution in [0.5, 0.6) is 0 Å². The van der Waals surface area contributed by atoms with Crippen LogP contribution in [0.3, 0.4) is 0 Å². The maximum atomic E-state index is 5.71. The molecule has 1 saturated carbocycles. The van der Waals surface area contributed by atoms with Crippen molar-refractivity contribution in [3.05, 3.63) is 18.1 Å². The highest BCUT2D eigenvalue weighted by Crippen LogP contribution is 2.21. The second kappa shape index (κ2) is 3.92. The van der Waals surface area contributed by atoms with Gasteiger partial charge in [0.2, 0.25) is 0 Å². The molecule has 1 aromatic rings. The van der Waals surface area contributed by atoms with Gasteiger partial charge < -0.3 is 11.1 Å². The SMILES string of the molecule is CCc1cc(NC2CC(N)C2)ncn1. The average Bonchev–Trinajstić information content (AvgIpc) is 2.16. The van der Waals surface area contributed by atoms with Gasteiger partial charge in [-0.15, -0.1) is 0 Å². The summed E-state index contributed by atoms with van der Waals surface area (Å²) in [5, 5.41) is 3.35. The van der Waals surface area contributed by atoms with Gasteiger partial charge in [0.1, 0.15) is 12.1 Å². The van der Waals surface area contributed by atoms with E-state index in [9.17, 15) is 0 Å². The molecule has 4 nitrogen and oxygen atoms in total. The third-order valence-electron chi connectivity index (χ3n) is 2.61. The summed E-state index contributed by atoms with van der Waals surface area (Å²) in [5.41, 5.74) is 6.78. The largest absolute Gasteiger partial charge is 0.367 e. The van der Waals surface area contributed by atoms with E-state index in [2.05, 4.69) is 22.2 Å². The van der Waals surface area contributed by atoms with E-state index in [4.69, 9.17) is 5.73 Å². The minimum absolute atomic E-state index is 0.375. The molecule has 0 saturated heterocycles. The fourth-order valence-electron chi connectivity index (χ4n) is 1.66. The van der Waals surface area contributed by atoms with Crippen molar-refractivity contribution in [3.8, 4) is 0 Å². The van der Waals surface area contributed by atoms with Gasteiger partial charge in [-0.25, -0.2) is 9.97 Å². The van der Waals surface area contributed by atoms with Crippen molar-refractivity contribution in [2.24, 2.45) is 5.73 Å². The number of aromatic nitrogens is 2. The number of nitrogens with zero attached hydrogens (tertiary/aromatic N) is 2. The molecule has 0 radical (unpaired) electrons. The highest BCUT2D eigenvalue weighted by Gasteiger charge is 2.25. The van der Waals surface area contributed by atoms with Crippen LogP contribution in [0.2, 0.25) is 0 Å². The van der Waals surface area contributed by atoms with E-state index >= 15 is 0 Å². The summed E-state index contributed by atoms with van der Waals surface area (Å²) in [6, 6.07) is 2.88. The zero-order valence-corrected chi connectivity index (χ0v) is 8.40. The van der Waals surface area contributed by atoms with E-state index in [0.717, 1.165) is 30.8 Å². The van der Waals surface area contributed by atoms with Gasteiger partial charge in [0.25, 0.3) is 0 Å². The van der Waals surface area contributed by atoms with E-state index in [1.54, 1.807) is 6.33 Å². The second-order valence-electron chi connectivity index (χ2n) is 3.82. The number of hydrogen-bond acceptors (Lipinski definition) is 4. The Balaban J connectivity index is 1.95. The summed E-state index contributed by atoms with van der Waals surface area (Å²) < 4.78 is 0. The Morgan fingerprint density at radius 1 is 1.50 bits per heavy atom. The van der Waals surface area contributed by atoms with Crippen LogP contribution in [0.4, 0.5) is 5.82 Å². The van der Waals surface area contributed by atoms with Crippen LogP contribution in [-0.2, 0) is 6.42 Å². The van der Waals surface area contributed by atoms with Crippen molar-refractivity contribution in [3.63, 3.8) is 0 Å². The maximum absolute atomic E-state index is 5.71. The molecule has 0 aliphatic heterocycles. The molecule has 0 aromatic carbocycles. The molecular weight excluding hydrogens is 176 g/mol. The van der Waals surface area contributed by atoms with Gasteiger partial charge in [-0.2, -0.15) is 0 Å². The van der Waals surface area contributed by atoms with Gasteiger partial charge in [0.05, 0.1) is 0 Å². The Bertz CT molecular complexity index is 307. The molecule has 0 amide bonds. The highest BCUT2D eigenvalue weighted by molar-refractivity contribution is 5.36. The average molecular weight is 192 g/mol. The van der Waals surface area contributed by atoms with Crippen LogP contribution >= 0.6 is 0 Å². The normalized spacial score (nSPS) is 25.6. The molecule has 0 atom stereocenters. The molecule has 0 bridgehead atoms. The maximum Gasteiger partial charge on any atom is 0.129 e. The van der Waals surface area contributed by atoms with E-state index < -0.39 is 0 Å². The highest BCUT2D eigenvalue weighted by atomic mass is 15.1. The Morgan fingerprint density at radius 2 is 2.29 bits per heavy atom. The lowest BCUT2D eigenvalue weighted by molar-refractivity contribution is 0.373. The number of nitrogens with one attached hydrogen (secondary N) is 1. The third-order valence-corrected chi connectivity index (χ3v) is 2.61. The van der Waals surface area contributed by atoms with E-state index in [1.807, 2.05) is 6.07 Å². The third kappa shape index (κ3) is 2.01. The zero-order valence-electron chi connectivity index (χ0n) is 8.40. The van der Waals surface area contributed by atoms with E-state index in [1.165, 1.54) is 0 Å². The number of anilines is 1. The smallest absolute Gasteiger partial charge is 0.129 e. The molecule has 1 aliphatic rings. The molecule has 0 unspecified atom stereocenters. The predicted octanol–water partition coefficient (Wildman–Crippen LogP) is 0.941. The topological polar surface area (TPSA) is 63.8 Å². The molecule has 4 heteroatoms. The van der Waals surface area contributed by atoms with Crippen molar-refractivity contribution in [2.75, 3.05) is 5.32 Å². The van der Waals surface area contributed by atoms with Crippen LogP contribution in [0, 0.1) is 0 Å². The lowest BCUT2D eigenvalue weighted by Crippen LogP contribution is -2.44. The summed E-state index contributed by atoms with van der Waals surface area (Å²) in [5.74, 6) is 0.925. The first kappa shape index (κ1) is 9.40. The number of hydrogen-bond donors (Lipinski definition) is 2. The van der Waals surface area contributed by atoms with Crippen LogP contribution in [0.25, 0.3) is 0 Å². The first-order valence-electron chi connectivity index (χ1n) is 5.11. The Morgan fingerprint density at radius 3 is 2.93 bits per heavy atom. The molecule has 76 valence electrons. The molecule has 3 N–H and O–H groups in total. The molecule has 14 heavy (non-hydrogen) atoms. The fraction of sp³-hybridized carbons (Fsp3) is 0.600. The monoisotopic (exact) mass is 192 g/mol. The van der Waals surface area contributed by atoms with Crippen molar-refractivity contribution >= 4 is 5.82 Å². The second-order valence-corrected chi connectivity index (χ2v) is 3.82. The van der Waals surface area contributed by atoms with E-state index in [-0.39, 0.29) is 0 Å². The standard InChI is InChI=1S/C10H16N4/c1-2-8-5-10(13-6-12-8)14-9-3-7(11)4-9/h5-7,9H,2-4,11H2,1H3,(H,12,13,14). The Labute approximate surface area is 83.9 Å². The number of rotatable bonds is 3. The van der Waals surface area contributed by atoms with Crippen molar-refractivity contribution in [1.29, 1.82) is 0 Å². The Kier molecular flexibility index (Phi) is 2.63. The molecule has 0 spiro atoms. The minimum atomic E-state index is 0.375. The first-order valence-corrected chi connectivity index (χ1v) is 5.11. The quantitative estimate of drug-likeness (QED) is 0.748. The summed E-state index contributed by atoms with van der Waals surface area (Å²) in [6.07, 6.45) is 4.65. The van der Waals surface area contributed by atoms with Crippen LogP contribution in [0.1, 0.15) is 25.5 Å². The van der Waals surface area contributed by atoms with Gasteiger partial charge in [0, 0.05) is 23.8 Å². The number of aryl methyl sites for hydroxylation is 1. The summed E-state index contributed by atoms with van der Waals surface area (Å²) in [7, 11) is 0. The van der Waals surface area contributed by atoms with Crippen LogP contribution in [0.15, 0.2) is 12.4 Å². The van der Waals surface area contributed by atoms with Crippen molar-refractivity contribution in [2.45, 2.75) is 38.3 Å². The minimum Gasteiger partial charge on any atom is -0.367 e. The van der Waals surface area contributed by atoms with Gasteiger partial charge >= 0.3 is 0 Å². The predicted molar refractivity (Wildman–Crippen MR) is 56.0 cm³/mol. The van der Waals surface area contributed by atoms with Crippen LogP contribution < -0.4 is 11.1 Å². The fourth-order valence-corrected chi connectivity index (χ4v) is 1.66. The van der Waals surface area contributed by atoms with Crippen LogP contribution in [-0.4, -0.2) is 22.1 Å². The van der Waals surface area contributed by atoms with Crippen molar-refractivity contribution in [1.82, 2.24) is 9.97 Å². The lowest BCUT2D eigenvalue weighted by Gasteiger charge is -2.33. The molecule has 1 heterocycles.